The minimum Gasteiger partial charge on any atom is -0.476 e. The molecule has 1 atom stereocenters. The molecule has 0 aliphatic carbocycles. The summed E-state index contributed by atoms with van der Waals surface area (Å²) in [7, 11) is 0. The van der Waals surface area contributed by atoms with Crippen molar-refractivity contribution in [3.63, 3.8) is 0 Å². The Labute approximate surface area is 83.1 Å². The maximum absolute atomic E-state index is 13.3. The van der Waals surface area contributed by atoms with Gasteiger partial charge in [-0.1, -0.05) is 11.6 Å². The average molecular weight is 215 g/mol. The van der Waals surface area contributed by atoms with E-state index in [9.17, 15) is 9.18 Å². The van der Waals surface area contributed by atoms with Crippen LogP contribution in [0.4, 0.5) is 4.39 Å². The van der Waals surface area contributed by atoms with Crippen LogP contribution in [0.15, 0.2) is 32.5 Å². The van der Waals surface area contributed by atoms with E-state index in [4.69, 9.17) is 16.7 Å². The van der Waals surface area contributed by atoms with E-state index in [1.165, 1.54) is 12.3 Å². The van der Waals surface area contributed by atoms with Crippen molar-refractivity contribution in [3.8, 4) is 0 Å². The fraction of sp³-hybridized carbons (Fsp3) is 0.125. The molecule has 2 rings (SSSR count). The summed E-state index contributed by atoms with van der Waals surface area (Å²) in [5.41, 5.74) is -0.273. The Bertz CT molecular complexity index is 433. The van der Waals surface area contributed by atoms with E-state index in [-0.39, 0.29) is 5.03 Å². The third-order valence-electron chi connectivity index (χ3n) is 1.87. The lowest BCUT2D eigenvalue weighted by molar-refractivity contribution is -0.129. The highest BCUT2D eigenvalue weighted by Gasteiger charge is 2.32. The number of hydrogen-bond acceptors (Lipinski definition) is 3. The van der Waals surface area contributed by atoms with Crippen LogP contribution in [0.3, 0.4) is 0 Å². The van der Waals surface area contributed by atoms with Gasteiger partial charge in [-0.3, -0.25) is 4.99 Å². The largest absolute Gasteiger partial charge is 0.476 e. The molecule has 2 heterocycles. The monoisotopic (exact) mass is 214 g/mol. The van der Waals surface area contributed by atoms with Crippen molar-refractivity contribution in [2.75, 3.05) is 0 Å². The zero-order valence-electron chi connectivity index (χ0n) is 6.74. The van der Waals surface area contributed by atoms with Gasteiger partial charge >= 0.3 is 5.97 Å². The lowest BCUT2D eigenvalue weighted by Gasteiger charge is -2.15. The lowest BCUT2D eigenvalue weighted by Crippen LogP contribution is -2.22. The quantitative estimate of drug-likeness (QED) is 0.715. The van der Waals surface area contributed by atoms with Gasteiger partial charge in [0, 0.05) is 11.8 Å². The van der Waals surface area contributed by atoms with Gasteiger partial charge in [0.1, 0.15) is 0 Å². The van der Waals surface area contributed by atoms with Gasteiger partial charge in [0.15, 0.2) is 17.7 Å². The van der Waals surface area contributed by atoms with Gasteiger partial charge in [-0.25, -0.2) is 14.2 Å². The van der Waals surface area contributed by atoms with E-state index < -0.39 is 23.7 Å². The van der Waals surface area contributed by atoms with E-state index >= 15 is 0 Å². The molecular weight excluding hydrogens is 211 g/mol. The number of nitrogens with zero attached hydrogens (tertiary/aromatic N) is 2. The van der Waals surface area contributed by atoms with Crippen molar-refractivity contribution in [1.82, 2.24) is 0 Å². The number of halogens is 2. The smallest absolute Gasteiger partial charge is 0.357 e. The second-order valence-corrected chi connectivity index (χ2v) is 3.08. The summed E-state index contributed by atoms with van der Waals surface area (Å²) in [6.07, 6.45) is 2.23. The first-order chi connectivity index (χ1) is 6.61. The summed E-state index contributed by atoms with van der Waals surface area (Å²) in [5, 5.41) is 8.39. The Balaban J connectivity index is 2.53. The summed E-state index contributed by atoms with van der Waals surface area (Å²) in [4.78, 5) is 18.0. The highest BCUT2D eigenvalue weighted by Crippen LogP contribution is 2.32. The van der Waals surface area contributed by atoms with Crippen LogP contribution in [0, 0.1) is 0 Å². The maximum atomic E-state index is 13.3. The minimum atomic E-state index is -1.44. The second kappa shape index (κ2) is 3.02. The molecule has 72 valence electrons. The van der Waals surface area contributed by atoms with Crippen molar-refractivity contribution in [2.24, 2.45) is 9.98 Å². The Hall–Kier alpha value is -1.49. The third-order valence-corrected chi connectivity index (χ3v) is 2.25. The van der Waals surface area contributed by atoms with Gasteiger partial charge in [0.25, 0.3) is 0 Å². The Morgan fingerprint density at radius 1 is 1.64 bits per heavy atom. The molecule has 0 bridgehead atoms. The first kappa shape index (κ1) is 9.08. The fourth-order valence-electron chi connectivity index (χ4n) is 1.22. The van der Waals surface area contributed by atoms with Crippen LogP contribution < -0.4 is 0 Å². The third kappa shape index (κ3) is 1.17. The zero-order valence-corrected chi connectivity index (χ0v) is 7.49. The van der Waals surface area contributed by atoms with Gasteiger partial charge < -0.3 is 5.11 Å². The van der Waals surface area contributed by atoms with E-state index in [2.05, 4.69) is 9.98 Å². The Morgan fingerprint density at radius 3 is 3.00 bits per heavy atom. The van der Waals surface area contributed by atoms with Crippen molar-refractivity contribution < 1.29 is 14.3 Å². The highest BCUT2D eigenvalue weighted by molar-refractivity contribution is 6.46. The molecule has 0 aromatic rings. The molecule has 0 unspecified atom stereocenters. The summed E-state index contributed by atoms with van der Waals surface area (Å²) >= 11 is 5.62. The van der Waals surface area contributed by atoms with Crippen molar-refractivity contribution in [2.45, 2.75) is 6.17 Å². The molecule has 0 aromatic heterocycles. The molecule has 0 aromatic carbocycles. The van der Waals surface area contributed by atoms with Crippen LogP contribution in [0.5, 0.6) is 0 Å². The maximum Gasteiger partial charge on any atom is 0.357 e. The molecule has 0 radical (unpaired) electrons. The first-order valence-corrected chi connectivity index (χ1v) is 4.09. The van der Waals surface area contributed by atoms with E-state index in [1.54, 1.807) is 0 Å². The standard InChI is InChI=1S/C8H4ClFN2O2/c9-4-3-1-2-11-7(3)12-6(5(4)10)8(13)14/h1-2,7H,(H,13,14)/t7-/m1/s1. The number of rotatable bonds is 1. The highest BCUT2D eigenvalue weighted by atomic mass is 35.5. The Morgan fingerprint density at radius 2 is 2.36 bits per heavy atom. The van der Waals surface area contributed by atoms with Crippen LogP contribution in [0.2, 0.25) is 0 Å². The molecule has 2 aliphatic rings. The molecule has 0 saturated carbocycles. The van der Waals surface area contributed by atoms with Crippen LogP contribution in [-0.2, 0) is 4.79 Å². The predicted octanol–water partition coefficient (Wildman–Crippen LogP) is 1.28. The van der Waals surface area contributed by atoms with Gasteiger partial charge in [-0.05, 0) is 6.08 Å². The number of dihydropyridines is 1. The number of hydrogen-bond donors (Lipinski definition) is 1. The van der Waals surface area contributed by atoms with Crippen molar-refractivity contribution in [3.05, 3.63) is 22.5 Å². The van der Waals surface area contributed by atoms with Gasteiger partial charge in [0.05, 0.1) is 5.03 Å². The number of carbonyl (C=O) groups is 1. The second-order valence-electron chi connectivity index (χ2n) is 2.70. The molecule has 0 fully saturated rings. The van der Waals surface area contributed by atoms with Crippen LogP contribution in [-0.4, -0.2) is 29.2 Å². The minimum absolute atomic E-state index is 0.222. The van der Waals surface area contributed by atoms with Gasteiger partial charge in [0.2, 0.25) is 0 Å². The average Bonchev–Trinajstić information content (AvgIpc) is 2.58. The summed E-state index contributed by atoms with van der Waals surface area (Å²) in [6.45, 7) is 0. The predicted molar refractivity (Wildman–Crippen MR) is 49.4 cm³/mol. The molecule has 14 heavy (non-hydrogen) atoms. The fourth-order valence-corrected chi connectivity index (χ4v) is 1.47. The number of aliphatic carboxylic acids is 1. The SMILES string of the molecule is O=C(O)C1=N[C@H]2N=CC=C2C(Cl)=C1F. The topological polar surface area (TPSA) is 62.0 Å². The van der Waals surface area contributed by atoms with Crippen LogP contribution in [0.1, 0.15) is 0 Å². The lowest BCUT2D eigenvalue weighted by atomic mass is 10.1. The van der Waals surface area contributed by atoms with E-state index in [0.29, 0.717) is 5.57 Å². The molecule has 6 heteroatoms. The molecule has 0 saturated heterocycles. The van der Waals surface area contributed by atoms with Crippen LogP contribution >= 0.6 is 11.6 Å². The number of fused-ring (bicyclic) bond motifs is 1. The number of carboxylic acid groups (broad SMARTS) is 1. The molecule has 0 spiro atoms. The summed E-state index contributed by atoms with van der Waals surface area (Å²) in [5.74, 6) is -2.45. The number of aliphatic imine (C=N–C) groups is 2. The normalized spacial score (nSPS) is 24.6. The van der Waals surface area contributed by atoms with E-state index in [1.807, 2.05) is 0 Å². The van der Waals surface area contributed by atoms with Crippen molar-refractivity contribution in [1.29, 1.82) is 0 Å². The van der Waals surface area contributed by atoms with Gasteiger partial charge in [-0.15, -0.1) is 0 Å². The molecule has 4 nitrogen and oxygen atoms in total. The number of carboxylic acids is 1. The first-order valence-electron chi connectivity index (χ1n) is 3.71. The molecule has 2 aliphatic heterocycles. The van der Waals surface area contributed by atoms with Crippen LogP contribution in [0.25, 0.3) is 0 Å². The zero-order chi connectivity index (χ0) is 10.3. The molecule has 1 N–H and O–H groups in total. The molecule has 0 amide bonds. The molecular formula is C8H4ClFN2O2. The number of allylic oxidation sites excluding steroid dienone is 1. The van der Waals surface area contributed by atoms with Crippen molar-refractivity contribution >= 4 is 29.5 Å². The van der Waals surface area contributed by atoms with E-state index in [0.717, 1.165) is 0 Å². The Kier molecular flexibility index (Phi) is 1.96. The van der Waals surface area contributed by atoms with Gasteiger partial charge in [-0.2, -0.15) is 0 Å². The summed E-state index contributed by atoms with van der Waals surface area (Å²) in [6, 6.07) is 0. The summed E-state index contributed by atoms with van der Waals surface area (Å²) < 4.78 is 13.3.